The molecule has 1 aromatic heterocycles. The number of carboxylic acids is 1. The van der Waals surface area contributed by atoms with Gasteiger partial charge in [-0.05, 0) is 43.2 Å². The lowest BCUT2D eigenvalue weighted by Crippen LogP contribution is -2.03. The van der Waals surface area contributed by atoms with E-state index in [2.05, 4.69) is 4.98 Å². The molecule has 0 amide bonds. The van der Waals surface area contributed by atoms with Gasteiger partial charge >= 0.3 is 5.97 Å². The van der Waals surface area contributed by atoms with Gasteiger partial charge in [0.05, 0.1) is 6.61 Å². The molecule has 0 saturated carbocycles. The molecule has 0 bridgehead atoms. The van der Waals surface area contributed by atoms with Crippen molar-refractivity contribution < 1.29 is 14.6 Å². The van der Waals surface area contributed by atoms with Crippen LogP contribution in [-0.2, 0) is 0 Å². The number of rotatable bonds is 4. The summed E-state index contributed by atoms with van der Waals surface area (Å²) in [5.41, 5.74) is 2.62. The zero-order chi connectivity index (χ0) is 13.8. The van der Waals surface area contributed by atoms with E-state index in [1.54, 1.807) is 13.1 Å². The fourth-order valence-electron chi connectivity index (χ4n) is 1.87. The topological polar surface area (TPSA) is 59.4 Å². The maximum Gasteiger partial charge on any atom is 0.354 e. The van der Waals surface area contributed by atoms with Crippen LogP contribution in [-0.4, -0.2) is 22.7 Å². The van der Waals surface area contributed by atoms with Crippen LogP contribution in [0.15, 0.2) is 36.5 Å². The summed E-state index contributed by atoms with van der Waals surface area (Å²) in [6.45, 7) is 4.31. The molecular formula is C15H15NO3. The number of aromatic carboxylic acids is 1. The molecule has 2 rings (SSSR count). The van der Waals surface area contributed by atoms with Crippen molar-refractivity contribution in [2.24, 2.45) is 0 Å². The quantitative estimate of drug-likeness (QED) is 0.914. The van der Waals surface area contributed by atoms with E-state index in [1.165, 1.54) is 0 Å². The van der Waals surface area contributed by atoms with Gasteiger partial charge < -0.3 is 9.84 Å². The summed E-state index contributed by atoms with van der Waals surface area (Å²) in [6.07, 6.45) is 1.58. The lowest BCUT2D eigenvalue weighted by atomic mass is 10.0. The Bertz CT molecular complexity index is 591. The molecule has 0 atom stereocenters. The van der Waals surface area contributed by atoms with E-state index < -0.39 is 5.97 Å². The molecule has 2 aromatic rings. The Labute approximate surface area is 111 Å². The Hall–Kier alpha value is -2.36. The Morgan fingerprint density at radius 2 is 1.95 bits per heavy atom. The maximum absolute atomic E-state index is 10.9. The molecule has 0 saturated heterocycles. The number of aromatic nitrogens is 1. The average Bonchev–Trinajstić information content (AvgIpc) is 2.39. The number of benzene rings is 1. The van der Waals surface area contributed by atoms with Gasteiger partial charge in [-0.25, -0.2) is 9.78 Å². The Kier molecular flexibility index (Phi) is 3.80. The molecule has 0 aliphatic heterocycles. The van der Waals surface area contributed by atoms with Crippen LogP contribution in [0.25, 0.3) is 11.1 Å². The summed E-state index contributed by atoms with van der Waals surface area (Å²) >= 11 is 0. The van der Waals surface area contributed by atoms with Crippen molar-refractivity contribution in [1.82, 2.24) is 4.98 Å². The Morgan fingerprint density at radius 3 is 2.47 bits per heavy atom. The molecule has 19 heavy (non-hydrogen) atoms. The van der Waals surface area contributed by atoms with E-state index in [-0.39, 0.29) is 5.69 Å². The van der Waals surface area contributed by atoms with E-state index in [4.69, 9.17) is 9.84 Å². The van der Waals surface area contributed by atoms with Gasteiger partial charge in [0.2, 0.25) is 0 Å². The maximum atomic E-state index is 10.9. The van der Waals surface area contributed by atoms with Gasteiger partial charge in [0.25, 0.3) is 0 Å². The fraction of sp³-hybridized carbons (Fsp3) is 0.200. The van der Waals surface area contributed by atoms with Crippen LogP contribution >= 0.6 is 0 Å². The summed E-state index contributed by atoms with van der Waals surface area (Å²) in [5, 5.41) is 8.94. The van der Waals surface area contributed by atoms with Crippen LogP contribution in [0.5, 0.6) is 5.75 Å². The van der Waals surface area contributed by atoms with Crippen molar-refractivity contribution in [3.05, 3.63) is 47.8 Å². The van der Waals surface area contributed by atoms with Crippen molar-refractivity contribution in [3.8, 4) is 16.9 Å². The zero-order valence-corrected chi connectivity index (χ0v) is 10.9. The van der Waals surface area contributed by atoms with Gasteiger partial charge in [-0.2, -0.15) is 0 Å². The third kappa shape index (κ3) is 2.91. The molecule has 0 radical (unpaired) electrons. The summed E-state index contributed by atoms with van der Waals surface area (Å²) in [5.74, 6) is -0.186. The van der Waals surface area contributed by atoms with Crippen molar-refractivity contribution in [2.75, 3.05) is 6.61 Å². The van der Waals surface area contributed by atoms with E-state index >= 15 is 0 Å². The normalized spacial score (nSPS) is 10.2. The molecule has 0 unspecified atom stereocenters. The molecule has 1 N–H and O–H groups in total. The summed E-state index contributed by atoms with van der Waals surface area (Å²) in [6, 6.07) is 9.47. The van der Waals surface area contributed by atoms with E-state index in [9.17, 15) is 4.79 Å². The first-order chi connectivity index (χ1) is 9.11. The molecule has 1 heterocycles. The van der Waals surface area contributed by atoms with Gasteiger partial charge in [0.1, 0.15) is 5.75 Å². The Morgan fingerprint density at radius 1 is 1.26 bits per heavy atom. The number of carbonyl (C=O) groups is 1. The fourth-order valence-corrected chi connectivity index (χ4v) is 1.87. The van der Waals surface area contributed by atoms with E-state index in [0.717, 1.165) is 16.9 Å². The van der Waals surface area contributed by atoms with Crippen LogP contribution in [0.2, 0.25) is 0 Å². The number of hydrogen-bond donors (Lipinski definition) is 1. The third-order valence-electron chi connectivity index (χ3n) is 2.78. The van der Waals surface area contributed by atoms with Crippen LogP contribution in [0, 0.1) is 6.92 Å². The van der Waals surface area contributed by atoms with E-state index in [1.807, 2.05) is 37.3 Å². The number of nitrogens with zero attached hydrogens (tertiary/aromatic N) is 1. The minimum absolute atomic E-state index is 0.0923. The number of pyridine rings is 1. The van der Waals surface area contributed by atoms with Crippen LogP contribution in [0.1, 0.15) is 23.0 Å². The summed E-state index contributed by atoms with van der Waals surface area (Å²) < 4.78 is 5.38. The highest BCUT2D eigenvalue weighted by Crippen LogP contribution is 2.23. The first-order valence-corrected chi connectivity index (χ1v) is 6.05. The Balaban J connectivity index is 2.31. The number of ether oxygens (including phenoxy) is 1. The van der Waals surface area contributed by atoms with E-state index in [0.29, 0.717) is 12.2 Å². The molecule has 0 spiro atoms. The highest BCUT2D eigenvalue weighted by Gasteiger charge is 2.09. The van der Waals surface area contributed by atoms with Crippen LogP contribution in [0.3, 0.4) is 0 Å². The predicted octanol–water partition coefficient (Wildman–Crippen LogP) is 3.15. The number of aryl methyl sites for hydroxylation is 1. The second kappa shape index (κ2) is 5.52. The van der Waals surface area contributed by atoms with Gasteiger partial charge in [-0.3, -0.25) is 0 Å². The predicted molar refractivity (Wildman–Crippen MR) is 72.5 cm³/mol. The summed E-state index contributed by atoms with van der Waals surface area (Å²) in [7, 11) is 0. The molecule has 1 aromatic carbocycles. The molecule has 98 valence electrons. The molecule has 4 heteroatoms. The smallest absolute Gasteiger partial charge is 0.354 e. The van der Waals surface area contributed by atoms with Crippen molar-refractivity contribution in [2.45, 2.75) is 13.8 Å². The molecule has 4 nitrogen and oxygen atoms in total. The third-order valence-corrected chi connectivity index (χ3v) is 2.78. The monoisotopic (exact) mass is 257 g/mol. The van der Waals surface area contributed by atoms with Crippen molar-refractivity contribution >= 4 is 5.97 Å². The standard InChI is InChI=1S/C15H15NO3/c1-3-19-13-6-4-11(5-7-13)12-8-10(2)14(15(17)18)16-9-12/h4-9H,3H2,1-2H3,(H,17,18). The summed E-state index contributed by atoms with van der Waals surface area (Å²) in [4.78, 5) is 14.9. The largest absolute Gasteiger partial charge is 0.494 e. The lowest BCUT2D eigenvalue weighted by molar-refractivity contribution is 0.0689. The minimum Gasteiger partial charge on any atom is -0.494 e. The SMILES string of the molecule is CCOc1ccc(-c2cnc(C(=O)O)c(C)c2)cc1. The minimum atomic E-state index is -1.00. The molecule has 0 aliphatic carbocycles. The van der Waals surface area contributed by atoms with Crippen molar-refractivity contribution in [1.29, 1.82) is 0 Å². The van der Waals surface area contributed by atoms with Crippen LogP contribution < -0.4 is 4.74 Å². The zero-order valence-electron chi connectivity index (χ0n) is 10.9. The first kappa shape index (κ1) is 13.1. The lowest BCUT2D eigenvalue weighted by Gasteiger charge is -2.07. The molecule has 0 aliphatic rings. The highest BCUT2D eigenvalue weighted by molar-refractivity contribution is 5.87. The second-order valence-electron chi connectivity index (χ2n) is 4.15. The van der Waals surface area contributed by atoms with Gasteiger partial charge in [0.15, 0.2) is 5.69 Å². The molecular weight excluding hydrogens is 242 g/mol. The number of carboxylic acid groups (broad SMARTS) is 1. The van der Waals surface area contributed by atoms with Crippen LogP contribution in [0.4, 0.5) is 0 Å². The highest BCUT2D eigenvalue weighted by atomic mass is 16.5. The van der Waals surface area contributed by atoms with Gasteiger partial charge in [0, 0.05) is 11.8 Å². The molecule has 0 fully saturated rings. The first-order valence-electron chi connectivity index (χ1n) is 6.05. The van der Waals surface area contributed by atoms with Gasteiger partial charge in [-0.1, -0.05) is 12.1 Å². The average molecular weight is 257 g/mol. The van der Waals surface area contributed by atoms with Gasteiger partial charge in [-0.15, -0.1) is 0 Å². The van der Waals surface area contributed by atoms with Crippen molar-refractivity contribution in [3.63, 3.8) is 0 Å². The number of hydrogen-bond acceptors (Lipinski definition) is 3. The second-order valence-corrected chi connectivity index (χ2v) is 4.15.